The fourth-order valence-electron chi connectivity index (χ4n) is 3.77. The largest absolute Gasteiger partial charge is 0.337 e. The molecule has 5 nitrogen and oxygen atoms in total. The van der Waals surface area contributed by atoms with Crippen LogP contribution in [0, 0.1) is 0 Å². The van der Waals surface area contributed by atoms with E-state index < -0.39 is 0 Å². The molecule has 0 aliphatic carbocycles. The maximum Gasteiger partial charge on any atom is 0.272 e. The third kappa shape index (κ3) is 2.64. The summed E-state index contributed by atoms with van der Waals surface area (Å²) in [6, 6.07) is 10.6. The fourth-order valence-corrected chi connectivity index (χ4v) is 3.77. The second kappa shape index (κ2) is 6.23. The van der Waals surface area contributed by atoms with Gasteiger partial charge in [0.25, 0.3) is 5.91 Å². The smallest absolute Gasteiger partial charge is 0.272 e. The lowest BCUT2D eigenvalue weighted by molar-refractivity contribution is 0.0718. The van der Waals surface area contributed by atoms with Gasteiger partial charge in [0.05, 0.1) is 0 Å². The molecule has 4 rings (SSSR count). The molecule has 3 heterocycles. The standard InChI is InChI=1S/C19H22N4O/c1-14-11-15-7-3-4-8-17(15)23(14)18-12-16(20-13-21-18)19(24)22-9-5-2-6-10-22/h3-4,7-8,12-14H,2,5-6,9-11H2,1H3. The highest BCUT2D eigenvalue weighted by Crippen LogP contribution is 2.37. The molecule has 2 aromatic rings. The van der Waals surface area contributed by atoms with E-state index in [4.69, 9.17) is 0 Å². The van der Waals surface area contributed by atoms with Gasteiger partial charge in [0.2, 0.25) is 0 Å². The van der Waals surface area contributed by atoms with Crippen molar-refractivity contribution in [2.75, 3.05) is 18.0 Å². The number of carbonyl (C=O) groups is 1. The topological polar surface area (TPSA) is 49.3 Å². The zero-order valence-corrected chi connectivity index (χ0v) is 14.0. The Bertz CT molecular complexity index is 755. The number of benzene rings is 1. The Morgan fingerprint density at radius 3 is 2.75 bits per heavy atom. The lowest BCUT2D eigenvalue weighted by atomic mass is 10.1. The highest BCUT2D eigenvalue weighted by Gasteiger charge is 2.29. The predicted octanol–water partition coefficient (Wildman–Crippen LogP) is 3.19. The van der Waals surface area contributed by atoms with E-state index in [2.05, 4.69) is 40.0 Å². The van der Waals surface area contributed by atoms with Crippen LogP contribution in [0.3, 0.4) is 0 Å². The number of aromatic nitrogens is 2. The summed E-state index contributed by atoms with van der Waals surface area (Å²) < 4.78 is 0. The van der Waals surface area contributed by atoms with Crippen LogP contribution in [0.2, 0.25) is 0 Å². The third-order valence-corrected chi connectivity index (χ3v) is 4.97. The molecule has 0 saturated carbocycles. The van der Waals surface area contributed by atoms with E-state index in [9.17, 15) is 4.79 Å². The third-order valence-electron chi connectivity index (χ3n) is 4.97. The van der Waals surface area contributed by atoms with Crippen molar-refractivity contribution in [3.63, 3.8) is 0 Å². The summed E-state index contributed by atoms with van der Waals surface area (Å²) >= 11 is 0. The van der Waals surface area contributed by atoms with Gasteiger partial charge in [-0.1, -0.05) is 18.2 Å². The van der Waals surface area contributed by atoms with Crippen molar-refractivity contribution < 1.29 is 4.79 Å². The van der Waals surface area contributed by atoms with Crippen LogP contribution < -0.4 is 4.90 Å². The number of amides is 1. The van der Waals surface area contributed by atoms with Crippen LogP contribution in [0.25, 0.3) is 0 Å². The molecule has 0 radical (unpaired) electrons. The Kier molecular flexibility index (Phi) is 3.92. The average molecular weight is 322 g/mol. The molecule has 2 aliphatic rings. The zero-order valence-electron chi connectivity index (χ0n) is 14.0. The number of rotatable bonds is 2. The second-order valence-corrected chi connectivity index (χ2v) is 6.67. The minimum absolute atomic E-state index is 0.0264. The predicted molar refractivity (Wildman–Crippen MR) is 93.5 cm³/mol. The minimum atomic E-state index is 0.0264. The fraction of sp³-hybridized carbons (Fsp3) is 0.421. The molecule has 1 saturated heterocycles. The van der Waals surface area contributed by atoms with Crippen LogP contribution in [0.4, 0.5) is 11.5 Å². The molecule has 1 aromatic carbocycles. The molecule has 24 heavy (non-hydrogen) atoms. The Morgan fingerprint density at radius 1 is 1.12 bits per heavy atom. The maximum atomic E-state index is 12.7. The summed E-state index contributed by atoms with van der Waals surface area (Å²) in [6.45, 7) is 3.86. The van der Waals surface area contributed by atoms with Crippen LogP contribution in [0.1, 0.15) is 42.2 Å². The number of likely N-dealkylation sites (tertiary alicyclic amines) is 1. The van der Waals surface area contributed by atoms with E-state index in [1.165, 1.54) is 24.0 Å². The molecule has 0 bridgehead atoms. The first kappa shape index (κ1) is 15.1. The SMILES string of the molecule is CC1Cc2ccccc2N1c1cc(C(=O)N2CCCCC2)ncn1. The molecule has 1 atom stereocenters. The number of hydrogen-bond acceptors (Lipinski definition) is 4. The van der Waals surface area contributed by atoms with Crippen molar-refractivity contribution in [3.8, 4) is 0 Å². The number of nitrogens with zero attached hydrogens (tertiary/aromatic N) is 4. The Labute approximate surface area is 142 Å². The van der Waals surface area contributed by atoms with E-state index in [1.807, 2.05) is 17.0 Å². The summed E-state index contributed by atoms with van der Waals surface area (Å²) in [6.07, 6.45) is 5.89. The first-order valence-electron chi connectivity index (χ1n) is 8.72. The van der Waals surface area contributed by atoms with Gasteiger partial charge in [-0.05, 0) is 44.2 Å². The van der Waals surface area contributed by atoms with Gasteiger partial charge < -0.3 is 9.80 Å². The van der Waals surface area contributed by atoms with Crippen LogP contribution in [-0.2, 0) is 6.42 Å². The summed E-state index contributed by atoms with van der Waals surface area (Å²) in [5, 5.41) is 0. The molecule has 1 unspecified atom stereocenters. The molecule has 2 aliphatic heterocycles. The number of piperidine rings is 1. The van der Waals surface area contributed by atoms with Gasteiger partial charge in [0.1, 0.15) is 17.8 Å². The van der Waals surface area contributed by atoms with Crippen molar-refractivity contribution in [3.05, 3.63) is 47.9 Å². The van der Waals surface area contributed by atoms with Crippen molar-refractivity contribution in [1.29, 1.82) is 0 Å². The maximum absolute atomic E-state index is 12.7. The first-order chi connectivity index (χ1) is 11.7. The summed E-state index contributed by atoms with van der Waals surface area (Å²) in [7, 11) is 0. The molecule has 1 amide bonds. The lowest BCUT2D eigenvalue weighted by Gasteiger charge is -2.27. The zero-order chi connectivity index (χ0) is 16.5. The van der Waals surface area contributed by atoms with E-state index in [0.717, 1.165) is 38.2 Å². The van der Waals surface area contributed by atoms with Gasteiger partial charge in [-0.15, -0.1) is 0 Å². The Balaban J connectivity index is 1.64. The van der Waals surface area contributed by atoms with Gasteiger partial charge in [-0.25, -0.2) is 9.97 Å². The number of hydrogen-bond donors (Lipinski definition) is 0. The van der Waals surface area contributed by atoms with Crippen molar-refractivity contribution in [2.24, 2.45) is 0 Å². The molecule has 1 fully saturated rings. The van der Waals surface area contributed by atoms with Crippen molar-refractivity contribution in [2.45, 2.75) is 38.6 Å². The van der Waals surface area contributed by atoms with Crippen LogP contribution in [-0.4, -0.2) is 39.9 Å². The van der Waals surface area contributed by atoms with E-state index >= 15 is 0 Å². The van der Waals surface area contributed by atoms with Crippen LogP contribution in [0.15, 0.2) is 36.7 Å². The number of anilines is 2. The Hall–Kier alpha value is -2.43. The highest BCUT2D eigenvalue weighted by atomic mass is 16.2. The first-order valence-corrected chi connectivity index (χ1v) is 8.72. The minimum Gasteiger partial charge on any atom is -0.337 e. The molecule has 0 N–H and O–H groups in total. The number of carbonyl (C=O) groups excluding carboxylic acids is 1. The Morgan fingerprint density at radius 2 is 1.92 bits per heavy atom. The van der Waals surface area contributed by atoms with Gasteiger partial charge >= 0.3 is 0 Å². The van der Waals surface area contributed by atoms with Gasteiger partial charge in [-0.2, -0.15) is 0 Å². The summed E-state index contributed by atoms with van der Waals surface area (Å²) in [5.74, 6) is 0.835. The number of fused-ring (bicyclic) bond motifs is 1. The summed E-state index contributed by atoms with van der Waals surface area (Å²) in [5.41, 5.74) is 3.01. The van der Waals surface area contributed by atoms with E-state index in [1.54, 1.807) is 0 Å². The molecular formula is C19H22N4O. The quantitative estimate of drug-likeness (QED) is 0.852. The van der Waals surface area contributed by atoms with Crippen molar-refractivity contribution in [1.82, 2.24) is 14.9 Å². The lowest BCUT2D eigenvalue weighted by Crippen LogP contribution is -2.36. The average Bonchev–Trinajstić information content (AvgIpc) is 2.97. The molecule has 124 valence electrons. The van der Waals surface area contributed by atoms with Crippen LogP contribution in [0.5, 0.6) is 0 Å². The van der Waals surface area contributed by atoms with E-state index in [0.29, 0.717) is 11.7 Å². The molecule has 0 spiro atoms. The van der Waals surface area contributed by atoms with Crippen molar-refractivity contribution >= 4 is 17.4 Å². The summed E-state index contributed by atoms with van der Waals surface area (Å²) in [4.78, 5) is 25.5. The normalized spacial score (nSPS) is 20.1. The van der Waals surface area contributed by atoms with Gasteiger partial charge in [0, 0.05) is 30.9 Å². The van der Waals surface area contributed by atoms with E-state index in [-0.39, 0.29) is 5.91 Å². The molecular weight excluding hydrogens is 300 g/mol. The van der Waals surface area contributed by atoms with Gasteiger partial charge in [0.15, 0.2) is 0 Å². The second-order valence-electron chi connectivity index (χ2n) is 6.67. The van der Waals surface area contributed by atoms with Crippen LogP contribution >= 0.6 is 0 Å². The molecule has 5 heteroatoms. The van der Waals surface area contributed by atoms with Gasteiger partial charge in [-0.3, -0.25) is 4.79 Å². The molecule has 1 aromatic heterocycles. The number of para-hydroxylation sites is 1. The highest BCUT2D eigenvalue weighted by molar-refractivity contribution is 5.93. The monoisotopic (exact) mass is 322 g/mol.